The van der Waals surface area contributed by atoms with Gasteiger partial charge in [-0.2, -0.15) is 0 Å². The molecule has 0 aliphatic carbocycles. The number of anilines is 1. The van der Waals surface area contributed by atoms with Gasteiger partial charge in [0.1, 0.15) is 0 Å². The normalized spacial score (nSPS) is 18.3. The Hall–Kier alpha value is -1.55. The van der Waals surface area contributed by atoms with Crippen LogP contribution >= 0.6 is 0 Å². The van der Waals surface area contributed by atoms with E-state index < -0.39 is 0 Å². The third-order valence-corrected chi connectivity index (χ3v) is 3.36. The summed E-state index contributed by atoms with van der Waals surface area (Å²) in [7, 11) is 0. The van der Waals surface area contributed by atoms with Gasteiger partial charge in [-0.25, -0.2) is 0 Å². The van der Waals surface area contributed by atoms with Gasteiger partial charge < -0.3 is 15.4 Å². The maximum Gasteiger partial charge on any atom is 0.253 e. The molecule has 4 heteroatoms. The fourth-order valence-electron chi connectivity index (χ4n) is 2.27. The number of rotatable bonds is 5. The fraction of sp³-hybridized carbons (Fsp3) is 0.533. The van der Waals surface area contributed by atoms with Crippen LogP contribution in [0.2, 0.25) is 0 Å². The standard InChI is InChI=1S/C15H22N2O2/c1-3-16-14-5-4-11(2)8-13(14)15(18)17-9-12-6-7-19-10-12/h4-5,8,12,16H,3,6-7,9-10H2,1-2H3,(H,17,18). The zero-order chi connectivity index (χ0) is 13.7. The molecule has 2 rings (SSSR count). The van der Waals surface area contributed by atoms with E-state index in [-0.39, 0.29) is 5.91 Å². The Labute approximate surface area is 114 Å². The predicted molar refractivity (Wildman–Crippen MR) is 76.6 cm³/mol. The Balaban J connectivity index is 2.02. The van der Waals surface area contributed by atoms with Crippen molar-refractivity contribution in [3.63, 3.8) is 0 Å². The van der Waals surface area contributed by atoms with Crippen molar-refractivity contribution in [1.29, 1.82) is 0 Å². The number of benzene rings is 1. The Morgan fingerprint density at radius 2 is 2.32 bits per heavy atom. The Kier molecular flexibility index (Phi) is 4.80. The second-order valence-electron chi connectivity index (χ2n) is 5.02. The molecule has 1 fully saturated rings. The molecule has 1 amide bonds. The summed E-state index contributed by atoms with van der Waals surface area (Å²) in [5.74, 6) is 0.447. The molecule has 1 aliphatic rings. The van der Waals surface area contributed by atoms with Gasteiger partial charge in [0.25, 0.3) is 5.91 Å². The van der Waals surface area contributed by atoms with Crippen molar-refractivity contribution in [2.24, 2.45) is 5.92 Å². The molecule has 0 spiro atoms. The maximum atomic E-state index is 12.3. The van der Waals surface area contributed by atoms with Crippen molar-refractivity contribution < 1.29 is 9.53 Å². The number of ether oxygens (including phenoxy) is 1. The minimum Gasteiger partial charge on any atom is -0.385 e. The zero-order valence-corrected chi connectivity index (χ0v) is 11.7. The molecule has 0 radical (unpaired) electrons. The van der Waals surface area contributed by atoms with Crippen LogP contribution in [0.15, 0.2) is 18.2 Å². The lowest BCUT2D eigenvalue weighted by molar-refractivity contribution is 0.0945. The lowest BCUT2D eigenvalue weighted by Gasteiger charge is -2.13. The molecule has 1 heterocycles. The van der Waals surface area contributed by atoms with E-state index in [1.54, 1.807) is 0 Å². The Bertz CT molecular complexity index is 440. The molecule has 1 saturated heterocycles. The first-order valence-corrected chi connectivity index (χ1v) is 6.91. The highest BCUT2D eigenvalue weighted by Gasteiger charge is 2.18. The first kappa shape index (κ1) is 13.9. The highest BCUT2D eigenvalue weighted by Crippen LogP contribution is 2.18. The summed E-state index contributed by atoms with van der Waals surface area (Å²) < 4.78 is 5.31. The quantitative estimate of drug-likeness (QED) is 0.855. The largest absolute Gasteiger partial charge is 0.385 e. The third kappa shape index (κ3) is 3.70. The average molecular weight is 262 g/mol. The van der Waals surface area contributed by atoms with E-state index in [4.69, 9.17) is 4.74 Å². The third-order valence-electron chi connectivity index (χ3n) is 3.36. The predicted octanol–water partition coefficient (Wildman–Crippen LogP) is 2.19. The molecule has 4 nitrogen and oxygen atoms in total. The van der Waals surface area contributed by atoms with Crippen molar-refractivity contribution in [3.05, 3.63) is 29.3 Å². The molecule has 2 N–H and O–H groups in total. The first-order valence-electron chi connectivity index (χ1n) is 6.91. The van der Waals surface area contributed by atoms with E-state index in [0.29, 0.717) is 12.5 Å². The molecule has 19 heavy (non-hydrogen) atoms. The van der Waals surface area contributed by atoms with Crippen molar-refractivity contribution in [3.8, 4) is 0 Å². The molecule has 1 unspecified atom stereocenters. The van der Waals surface area contributed by atoms with Gasteiger partial charge in [-0.15, -0.1) is 0 Å². The Morgan fingerprint density at radius 3 is 3.00 bits per heavy atom. The fourth-order valence-corrected chi connectivity index (χ4v) is 2.27. The molecule has 0 saturated carbocycles. The van der Waals surface area contributed by atoms with E-state index in [0.717, 1.165) is 43.0 Å². The monoisotopic (exact) mass is 262 g/mol. The molecule has 1 aromatic rings. The molecule has 1 aliphatic heterocycles. The average Bonchev–Trinajstić information content (AvgIpc) is 2.91. The minimum atomic E-state index is -0.00782. The van der Waals surface area contributed by atoms with Crippen LogP contribution in [0.3, 0.4) is 0 Å². The van der Waals surface area contributed by atoms with Gasteiger partial charge in [-0.1, -0.05) is 11.6 Å². The van der Waals surface area contributed by atoms with E-state index in [2.05, 4.69) is 10.6 Å². The SMILES string of the molecule is CCNc1ccc(C)cc1C(=O)NCC1CCOC1. The number of carbonyl (C=O) groups is 1. The number of hydrogen-bond acceptors (Lipinski definition) is 3. The van der Waals surface area contributed by atoms with Crippen LogP contribution in [0.1, 0.15) is 29.3 Å². The van der Waals surface area contributed by atoms with Gasteiger partial charge in [0, 0.05) is 31.3 Å². The lowest BCUT2D eigenvalue weighted by Crippen LogP contribution is -2.30. The minimum absolute atomic E-state index is 0.00782. The van der Waals surface area contributed by atoms with E-state index in [1.807, 2.05) is 32.0 Å². The molecular weight excluding hydrogens is 240 g/mol. The second-order valence-corrected chi connectivity index (χ2v) is 5.02. The summed E-state index contributed by atoms with van der Waals surface area (Å²) >= 11 is 0. The van der Waals surface area contributed by atoms with Crippen molar-refractivity contribution in [1.82, 2.24) is 5.32 Å². The van der Waals surface area contributed by atoms with E-state index in [9.17, 15) is 4.79 Å². The summed E-state index contributed by atoms with van der Waals surface area (Å²) in [5, 5.41) is 6.23. The number of nitrogens with one attached hydrogen (secondary N) is 2. The summed E-state index contributed by atoms with van der Waals surface area (Å²) in [6.45, 7) is 7.09. The van der Waals surface area contributed by atoms with E-state index in [1.165, 1.54) is 0 Å². The number of carbonyl (C=O) groups excluding carboxylic acids is 1. The van der Waals surface area contributed by atoms with Gasteiger partial charge in [-0.3, -0.25) is 4.79 Å². The van der Waals surface area contributed by atoms with Crippen LogP contribution in [-0.2, 0) is 4.74 Å². The van der Waals surface area contributed by atoms with Crippen LogP contribution in [-0.4, -0.2) is 32.2 Å². The molecule has 0 bridgehead atoms. The van der Waals surface area contributed by atoms with Crippen LogP contribution in [0.25, 0.3) is 0 Å². The summed E-state index contributed by atoms with van der Waals surface area (Å²) in [5.41, 5.74) is 2.71. The molecule has 1 aromatic carbocycles. The van der Waals surface area contributed by atoms with Crippen LogP contribution in [0.4, 0.5) is 5.69 Å². The lowest BCUT2D eigenvalue weighted by atomic mass is 10.1. The van der Waals surface area contributed by atoms with Gasteiger partial charge in [0.15, 0.2) is 0 Å². The van der Waals surface area contributed by atoms with Gasteiger partial charge in [-0.05, 0) is 32.4 Å². The molecular formula is C15H22N2O2. The number of aryl methyl sites for hydroxylation is 1. The van der Waals surface area contributed by atoms with Gasteiger partial charge in [0.05, 0.1) is 12.2 Å². The summed E-state index contributed by atoms with van der Waals surface area (Å²) in [4.78, 5) is 12.3. The Morgan fingerprint density at radius 1 is 1.47 bits per heavy atom. The summed E-state index contributed by atoms with van der Waals surface area (Å²) in [6.07, 6.45) is 1.04. The zero-order valence-electron chi connectivity index (χ0n) is 11.7. The first-order chi connectivity index (χ1) is 9.20. The number of amides is 1. The van der Waals surface area contributed by atoms with Crippen molar-refractivity contribution in [2.45, 2.75) is 20.3 Å². The molecule has 0 aromatic heterocycles. The maximum absolute atomic E-state index is 12.3. The topological polar surface area (TPSA) is 50.4 Å². The van der Waals surface area contributed by atoms with Gasteiger partial charge >= 0.3 is 0 Å². The van der Waals surface area contributed by atoms with Crippen LogP contribution < -0.4 is 10.6 Å². The molecule has 1 atom stereocenters. The summed E-state index contributed by atoms with van der Waals surface area (Å²) in [6, 6.07) is 5.91. The van der Waals surface area contributed by atoms with Gasteiger partial charge in [0.2, 0.25) is 0 Å². The molecule has 104 valence electrons. The second kappa shape index (κ2) is 6.57. The van der Waals surface area contributed by atoms with Crippen molar-refractivity contribution >= 4 is 11.6 Å². The highest BCUT2D eigenvalue weighted by atomic mass is 16.5. The van der Waals surface area contributed by atoms with Crippen LogP contribution in [0.5, 0.6) is 0 Å². The smallest absolute Gasteiger partial charge is 0.253 e. The van der Waals surface area contributed by atoms with Crippen LogP contribution in [0, 0.1) is 12.8 Å². The number of hydrogen-bond donors (Lipinski definition) is 2. The van der Waals surface area contributed by atoms with Crippen molar-refractivity contribution in [2.75, 3.05) is 31.6 Å². The highest BCUT2D eigenvalue weighted by molar-refractivity contribution is 5.99. The van der Waals surface area contributed by atoms with E-state index >= 15 is 0 Å².